The van der Waals surface area contributed by atoms with Gasteiger partial charge in [0.15, 0.2) is 0 Å². The summed E-state index contributed by atoms with van der Waals surface area (Å²) >= 11 is 0. The molecular formula is C40H58N3Ta-3. The van der Waals surface area contributed by atoms with Crippen molar-refractivity contribution >= 4 is 11.4 Å². The van der Waals surface area contributed by atoms with E-state index in [1.54, 1.807) is 0 Å². The summed E-state index contributed by atoms with van der Waals surface area (Å²) < 4.78 is 0. The van der Waals surface area contributed by atoms with E-state index in [1.165, 1.54) is 35.1 Å². The van der Waals surface area contributed by atoms with Crippen molar-refractivity contribution in [2.75, 3.05) is 0 Å². The maximum atomic E-state index is 5.06. The molecular weight excluding hydrogens is 703 g/mol. The van der Waals surface area contributed by atoms with Crippen LogP contribution in [0.15, 0.2) is 54.6 Å². The number of para-hydroxylation sites is 2. The van der Waals surface area contributed by atoms with Gasteiger partial charge in [0, 0.05) is 46.6 Å². The molecule has 3 nitrogen and oxygen atoms in total. The number of benzene rings is 2. The Balaban J connectivity index is 0.00000163. The number of aromatic nitrogens is 1. The monoisotopic (exact) mass is 761 g/mol. The second kappa shape index (κ2) is 22.1. The number of hydrogen-bond donors (Lipinski definition) is 0. The molecule has 0 saturated carbocycles. The summed E-state index contributed by atoms with van der Waals surface area (Å²) in [5.74, 6) is 7.92. The van der Waals surface area contributed by atoms with Gasteiger partial charge in [-0.25, -0.2) is 0 Å². The molecule has 1 heterocycles. The van der Waals surface area contributed by atoms with Crippen molar-refractivity contribution in [2.45, 2.75) is 132 Å². The molecule has 0 fully saturated rings. The Hall–Kier alpha value is -2.51. The molecule has 0 saturated heterocycles. The van der Waals surface area contributed by atoms with E-state index in [9.17, 15) is 0 Å². The SMILES string of the molecule is CC(C)c1cccc(C(C)C)c1[N-]Cc1cccc(C[N-]c2c(C(C)C)cccc2C(C)C)n1.CCCC#CCCC.[CH3-].[Ta]. The van der Waals surface area contributed by atoms with Crippen LogP contribution in [-0.4, -0.2) is 4.98 Å². The second-order valence-corrected chi connectivity index (χ2v) is 12.3. The molecule has 3 aromatic rings. The van der Waals surface area contributed by atoms with Crippen LogP contribution >= 0.6 is 0 Å². The Morgan fingerprint density at radius 3 is 1.11 bits per heavy atom. The zero-order valence-electron chi connectivity index (χ0n) is 29.5. The maximum absolute atomic E-state index is 5.06. The predicted molar refractivity (Wildman–Crippen MR) is 191 cm³/mol. The Morgan fingerprint density at radius 1 is 0.545 bits per heavy atom. The van der Waals surface area contributed by atoms with Crippen LogP contribution in [0.25, 0.3) is 10.6 Å². The van der Waals surface area contributed by atoms with Crippen LogP contribution in [0.2, 0.25) is 0 Å². The normalized spacial score (nSPS) is 10.4. The summed E-state index contributed by atoms with van der Waals surface area (Å²) in [6.45, 7) is 23.4. The van der Waals surface area contributed by atoms with Crippen LogP contribution in [0.5, 0.6) is 0 Å². The van der Waals surface area contributed by atoms with Gasteiger partial charge in [-0.1, -0.05) is 147 Å². The van der Waals surface area contributed by atoms with Crippen molar-refractivity contribution in [3.8, 4) is 11.8 Å². The molecule has 0 aliphatic rings. The molecule has 44 heavy (non-hydrogen) atoms. The first-order valence-corrected chi connectivity index (χ1v) is 16.1. The van der Waals surface area contributed by atoms with Crippen molar-refractivity contribution in [2.24, 2.45) is 0 Å². The zero-order chi connectivity index (χ0) is 31.1. The van der Waals surface area contributed by atoms with Crippen LogP contribution in [0.1, 0.15) is 152 Å². The van der Waals surface area contributed by atoms with E-state index >= 15 is 0 Å². The smallest absolute Gasteiger partial charge is 0.0230 e. The minimum absolute atomic E-state index is 0. The topological polar surface area (TPSA) is 41.1 Å². The summed E-state index contributed by atoms with van der Waals surface area (Å²) in [6, 6.07) is 19.4. The van der Waals surface area contributed by atoms with Crippen molar-refractivity contribution < 1.29 is 22.4 Å². The molecule has 0 unspecified atom stereocenters. The average Bonchev–Trinajstić information content (AvgIpc) is 2.97. The Kier molecular flexibility index (Phi) is 20.8. The summed E-state index contributed by atoms with van der Waals surface area (Å²) in [5, 5.41) is 10.1. The van der Waals surface area contributed by atoms with Crippen molar-refractivity contribution in [3.05, 3.63) is 106 Å². The van der Waals surface area contributed by atoms with Crippen LogP contribution in [0.4, 0.5) is 11.4 Å². The van der Waals surface area contributed by atoms with Crippen LogP contribution in [0.3, 0.4) is 0 Å². The van der Waals surface area contributed by atoms with E-state index < -0.39 is 0 Å². The third-order valence-electron chi connectivity index (χ3n) is 7.22. The van der Waals surface area contributed by atoms with E-state index in [-0.39, 0.29) is 29.8 Å². The van der Waals surface area contributed by atoms with Crippen molar-refractivity contribution in [1.82, 2.24) is 4.98 Å². The fraction of sp³-hybridized carbons (Fsp3) is 0.500. The molecule has 241 valence electrons. The molecule has 2 aromatic carbocycles. The predicted octanol–water partition coefficient (Wildman–Crippen LogP) is 13.0. The summed E-state index contributed by atoms with van der Waals surface area (Å²) in [6.07, 6.45) is 4.52. The maximum Gasteiger partial charge on any atom is 0.0230 e. The molecule has 0 spiro atoms. The number of rotatable bonds is 12. The summed E-state index contributed by atoms with van der Waals surface area (Å²) in [4.78, 5) is 4.91. The van der Waals surface area contributed by atoms with E-state index in [0.29, 0.717) is 36.8 Å². The Bertz CT molecular complexity index is 1140. The Labute approximate surface area is 287 Å². The van der Waals surface area contributed by atoms with Gasteiger partial charge in [-0.3, -0.25) is 4.98 Å². The van der Waals surface area contributed by atoms with E-state index in [1.807, 2.05) is 0 Å². The molecule has 1 aromatic heterocycles. The summed E-state index contributed by atoms with van der Waals surface area (Å²) in [5.41, 5.74) is 9.48. The fourth-order valence-corrected chi connectivity index (χ4v) is 4.84. The van der Waals surface area contributed by atoms with Gasteiger partial charge in [0.05, 0.1) is 0 Å². The first-order valence-electron chi connectivity index (χ1n) is 16.1. The molecule has 0 amide bonds. The number of hydrogen-bond acceptors (Lipinski definition) is 1. The van der Waals surface area contributed by atoms with Gasteiger partial charge in [-0.05, 0) is 48.6 Å². The zero-order valence-corrected chi connectivity index (χ0v) is 32.8. The first kappa shape index (κ1) is 41.5. The van der Waals surface area contributed by atoms with Crippen molar-refractivity contribution in [3.63, 3.8) is 0 Å². The molecule has 0 aliphatic carbocycles. The minimum Gasteiger partial charge on any atom is -0.679 e. The molecule has 0 aliphatic heterocycles. The van der Waals surface area contributed by atoms with E-state index in [0.717, 1.165) is 35.6 Å². The van der Waals surface area contributed by atoms with Gasteiger partial charge >= 0.3 is 0 Å². The molecule has 4 heteroatoms. The molecule has 0 atom stereocenters. The molecule has 0 bridgehead atoms. The third kappa shape index (κ3) is 13.2. The van der Waals surface area contributed by atoms with Crippen LogP contribution in [-0.2, 0) is 35.5 Å². The van der Waals surface area contributed by atoms with Gasteiger partial charge in [0.25, 0.3) is 0 Å². The number of pyridine rings is 1. The van der Waals surface area contributed by atoms with Gasteiger partial charge in [0.2, 0.25) is 0 Å². The van der Waals surface area contributed by atoms with Gasteiger partial charge in [-0.2, -0.15) is 0 Å². The van der Waals surface area contributed by atoms with Crippen LogP contribution in [0, 0.1) is 19.3 Å². The average molecular weight is 762 g/mol. The van der Waals surface area contributed by atoms with E-state index in [2.05, 4.69) is 136 Å². The van der Waals surface area contributed by atoms with Crippen molar-refractivity contribution in [1.29, 1.82) is 0 Å². The molecule has 3 rings (SSSR count). The Morgan fingerprint density at radius 2 is 0.841 bits per heavy atom. The fourth-order valence-electron chi connectivity index (χ4n) is 4.84. The van der Waals surface area contributed by atoms with Crippen LogP contribution < -0.4 is 0 Å². The third-order valence-corrected chi connectivity index (χ3v) is 7.22. The number of unbranched alkanes of at least 4 members (excludes halogenated alkanes) is 2. The largest absolute Gasteiger partial charge is 0.679 e. The first-order chi connectivity index (χ1) is 20.1. The standard InChI is InChI=1S/C31H41N3.C8H14.CH3.Ta/c1-20(2)26-14-10-15-27(21(3)4)30(26)32-18-24-12-9-13-25(34-24)19-33-31-28(22(5)6)16-11-17-29(31)23(7)8;1-3-5-7-8-6-4-2;;/h9-17,20-23H,18-19H2,1-8H3;3-6H2,1-2H3;1H3;/q-2;;-1;. The van der Waals surface area contributed by atoms with Gasteiger partial charge < -0.3 is 18.1 Å². The van der Waals surface area contributed by atoms with Gasteiger partial charge in [0.1, 0.15) is 0 Å². The molecule has 0 N–H and O–H groups in total. The quantitative estimate of drug-likeness (QED) is 0.134. The molecule has 1 radical (unpaired) electrons. The number of nitrogens with zero attached hydrogens (tertiary/aromatic N) is 3. The minimum atomic E-state index is 0. The van der Waals surface area contributed by atoms with E-state index in [4.69, 9.17) is 15.6 Å². The van der Waals surface area contributed by atoms with Gasteiger partial charge in [-0.15, -0.1) is 23.2 Å². The second-order valence-electron chi connectivity index (χ2n) is 12.3. The summed E-state index contributed by atoms with van der Waals surface area (Å²) in [7, 11) is 0.